The smallest absolute Gasteiger partial charge is 0.384 e. The van der Waals surface area contributed by atoms with E-state index in [2.05, 4.69) is 16.8 Å². The summed E-state index contributed by atoms with van der Waals surface area (Å²) >= 11 is 0. The van der Waals surface area contributed by atoms with Crippen molar-refractivity contribution in [3.05, 3.63) is 36.3 Å². The summed E-state index contributed by atoms with van der Waals surface area (Å²) in [5, 5.41) is 0. The highest BCUT2D eigenvalue weighted by molar-refractivity contribution is 5.89. The number of imidazole rings is 1. The Morgan fingerprint density at radius 3 is 3.25 bits per heavy atom. The Balaban J connectivity index is 2.33. The van der Waals surface area contributed by atoms with Crippen LogP contribution in [0, 0.1) is 11.8 Å². The number of hydrogen-bond donors (Lipinski definition) is 0. The molecule has 0 aliphatic rings. The predicted octanol–water partition coefficient (Wildman–Crippen LogP) is 1.25. The van der Waals surface area contributed by atoms with E-state index in [0.717, 1.165) is 5.65 Å². The molecule has 2 heterocycles. The zero-order chi connectivity index (χ0) is 11.4. The van der Waals surface area contributed by atoms with Gasteiger partial charge in [-0.25, -0.2) is 9.78 Å². The van der Waals surface area contributed by atoms with Gasteiger partial charge < -0.3 is 4.74 Å². The molecule has 0 spiro atoms. The minimum atomic E-state index is -0.514. The van der Waals surface area contributed by atoms with Crippen LogP contribution in [0.2, 0.25) is 0 Å². The van der Waals surface area contributed by atoms with E-state index < -0.39 is 5.97 Å². The monoisotopic (exact) mass is 214 g/mol. The summed E-state index contributed by atoms with van der Waals surface area (Å²) in [5.41, 5.74) is 1.51. The van der Waals surface area contributed by atoms with Gasteiger partial charge in [-0.3, -0.25) is 4.40 Å². The molecule has 0 bridgehead atoms. The van der Waals surface area contributed by atoms with Crippen LogP contribution in [0.5, 0.6) is 0 Å². The van der Waals surface area contributed by atoms with Crippen molar-refractivity contribution >= 4 is 11.6 Å². The van der Waals surface area contributed by atoms with E-state index in [1.54, 1.807) is 19.3 Å². The molecule has 0 radical (unpaired) electrons. The number of esters is 1. The summed E-state index contributed by atoms with van der Waals surface area (Å²) in [7, 11) is 0. The SMILES string of the molecule is CCOC(=O)C#Cc1cccc2nccn12. The summed E-state index contributed by atoms with van der Waals surface area (Å²) in [6.45, 7) is 2.08. The highest BCUT2D eigenvalue weighted by Crippen LogP contribution is 2.04. The van der Waals surface area contributed by atoms with E-state index in [1.807, 2.05) is 22.6 Å². The molecule has 2 aromatic heterocycles. The highest BCUT2D eigenvalue weighted by Gasteiger charge is 1.98. The van der Waals surface area contributed by atoms with Gasteiger partial charge >= 0.3 is 5.97 Å². The number of pyridine rings is 1. The zero-order valence-corrected chi connectivity index (χ0v) is 8.80. The maximum Gasteiger partial charge on any atom is 0.384 e. The van der Waals surface area contributed by atoms with Crippen molar-refractivity contribution in [2.75, 3.05) is 6.61 Å². The predicted molar refractivity (Wildman–Crippen MR) is 58.7 cm³/mol. The van der Waals surface area contributed by atoms with Gasteiger partial charge in [0.25, 0.3) is 0 Å². The van der Waals surface area contributed by atoms with Crippen LogP contribution >= 0.6 is 0 Å². The Bertz CT molecular complexity index is 575. The number of rotatable bonds is 1. The van der Waals surface area contributed by atoms with Crippen molar-refractivity contribution in [1.29, 1.82) is 0 Å². The van der Waals surface area contributed by atoms with Crippen LogP contribution < -0.4 is 0 Å². The van der Waals surface area contributed by atoms with Gasteiger partial charge in [-0.1, -0.05) is 6.07 Å². The van der Waals surface area contributed by atoms with Gasteiger partial charge in [0.1, 0.15) is 5.65 Å². The minimum absolute atomic E-state index is 0.336. The molecule has 0 aliphatic heterocycles. The Kier molecular flexibility index (Phi) is 2.88. The molecule has 0 unspecified atom stereocenters. The first kappa shape index (κ1) is 10.2. The van der Waals surface area contributed by atoms with Crippen molar-refractivity contribution in [3.63, 3.8) is 0 Å². The molecule has 0 N–H and O–H groups in total. The van der Waals surface area contributed by atoms with Crippen LogP contribution in [0.4, 0.5) is 0 Å². The van der Waals surface area contributed by atoms with Crippen LogP contribution in [-0.4, -0.2) is 22.0 Å². The van der Waals surface area contributed by atoms with Crippen LogP contribution in [0.25, 0.3) is 5.65 Å². The molecule has 4 nitrogen and oxygen atoms in total. The molecule has 0 saturated carbocycles. The normalized spacial score (nSPS) is 9.56. The second kappa shape index (κ2) is 4.49. The summed E-state index contributed by atoms with van der Waals surface area (Å²) in [5.74, 6) is 4.66. The quantitative estimate of drug-likeness (QED) is 0.530. The molecule has 2 aromatic rings. The molecule has 4 heteroatoms. The maximum absolute atomic E-state index is 11.1. The molecular weight excluding hydrogens is 204 g/mol. The Hall–Kier alpha value is -2.28. The fraction of sp³-hybridized carbons (Fsp3) is 0.167. The number of carbonyl (C=O) groups is 1. The Morgan fingerprint density at radius 2 is 2.44 bits per heavy atom. The summed E-state index contributed by atoms with van der Waals surface area (Å²) < 4.78 is 6.53. The lowest BCUT2D eigenvalue weighted by Gasteiger charge is -1.96. The van der Waals surface area contributed by atoms with E-state index in [1.165, 1.54) is 0 Å². The molecule has 0 fully saturated rings. The number of fused-ring (bicyclic) bond motifs is 1. The number of ether oxygens (including phenoxy) is 1. The van der Waals surface area contributed by atoms with Gasteiger partial charge in [0.2, 0.25) is 0 Å². The molecule has 0 amide bonds. The van der Waals surface area contributed by atoms with Crippen LogP contribution in [0.15, 0.2) is 30.6 Å². The van der Waals surface area contributed by atoms with Gasteiger partial charge in [0, 0.05) is 18.3 Å². The third-order valence-corrected chi connectivity index (χ3v) is 2.00. The third kappa shape index (κ3) is 2.04. The van der Waals surface area contributed by atoms with E-state index in [4.69, 9.17) is 4.74 Å². The lowest BCUT2D eigenvalue weighted by molar-refractivity contribution is -0.136. The van der Waals surface area contributed by atoms with Crippen LogP contribution in [-0.2, 0) is 9.53 Å². The molecule has 0 aliphatic carbocycles. The third-order valence-electron chi connectivity index (χ3n) is 2.00. The molecule has 0 aromatic carbocycles. The molecular formula is C12H10N2O2. The van der Waals surface area contributed by atoms with Crippen molar-refractivity contribution < 1.29 is 9.53 Å². The maximum atomic E-state index is 11.1. The van der Waals surface area contributed by atoms with Gasteiger partial charge in [-0.2, -0.15) is 0 Å². The molecule has 2 rings (SSSR count). The largest absolute Gasteiger partial charge is 0.456 e. The van der Waals surface area contributed by atoms with Crippen molar-refractivity contribution in [1.82, 2.24) is 9.38 Å². The van der Waals surface area contributed by atoms with Crippen molar-refractivity contribution in [2.24, 2.45) is 0 Å². The molecule has 80 valence electrons. The lowest BCUT2D eigenvalue weighted by Crippen LogP contribution is -2.00. The van der Waals surface area contributed by atoms with E-state index in [9.17, 15) is 4.79 Å². The topological polar surface area (TPSA) is 43.6 Å². The highest BCUT2D eigenvalue weighted by atomic mass is 16.5. The molecule has 0 saturated heterocycles. The number of aromatic nitrogens is 2. The van der Waals surface area contributed by atoms with Crippen LogP contribution in [0.1, 0.15) is 12.6 Å². The second-order valence-corrected chi connectivity index (χ2v) is 3.04. The van der Waals surface area contributed by atoms with Gasteiger partial charge in [0.05, 0.1) is 12.3 Å². The fourth-order valence-electron chi connectivity index (χ4n) is 1.33. The summed E-state index contributed by atoms with van der Waals surface area (Å²) in [6.07, 6.45) is 3.48. The van der Waals surface area contributed by atoms with E-state index >= 15 is 0 Å². The number of hydrogen-bond acceptors (Lipinski definition) is 3. The fourth-order valence-corrected chi connectivity index (χ4v) is 1.33. The first-order chi connectivity index (χ1) is 7.81. The summed E-state index contributed by atoms with van der Waals surface area (Å²) in [6, 6.07) is 5.54. The van der Waals surface area contributed by atoms with Gasteiger partial charge in [0.15, 0.2) is 0 Å². The first-order valence-corrected chi connectivity index (χ1v) is 4.92. The van der Waals surface area contributed by atoms with Crippen LogP contribution in [0.3, 0.4) is 0 Å². The van der Waals surface area contributed by atoms with Gasteiger partial charge in [-0.05, 0) is 25.0 Å². The molecule has 16 heavy (non-hydrogen) atoms. The number of nitrogens with zero attached hydrogens (tertiary/aromatic N) is 2. The average molecular weight is 214 g/mol. The second-order valence-electron chi connectivity index (χ2n) is 3.04. The number of carbonyl (C=O) groups excluding carboxylic acids is 1. The molecule has 0 atom stereocenters. The standard InChI is InChI=1S/C12H10N2O2/c1-2-16-12(15)7-6-10-4-3-5-11-13-8-9-14(10)11/h3-5,8-9H,2H2,1H3. The lowest BCUT2D eigenvalue weighted by atomic mass is 10.3. The van der Waals surface area contributed by atoms with E-state index in [-0.39, 0.29) is 0 Å². The zero-order valence-electron chi connectivity index (χ0n) is 8.80. The first-order valence-electron chi connectivity index (χ1n) is 4.92. The van der Waals surface area contributed by atoms with Crippen molar-refractivity contribution in [3.8, 4) is 11.8 Å². The van der Waals surface area contributed by atoms with Crippen molar-refractivity contribution in [2.45, 2.75) is 6.92 Å². The summed E-state index contributed by atoms with van der Waals surface area (Å²) in [4.78, 5) is 15.2. The Labute approximate surface area is 92.9 Å². The average Bonchev–Trinajstić information content (AvgIpc) is 2.75. The Morgan fingerprint density at radius 1 is 1.56 bits per heavy atom. The minimum Gasteiger partial charge on any atom is -0.456 e. The van der Waals surface area contributed by atoms with Gasteiger partial charge in [-0.15, -0.1) is 0 Å². The van der Waals surface area contributed by atoms with E-state index in [0.29, 0.717) is 12.3 Å².